The Morgan fingerprint density at radius 1 is 1.11 bits per heavy atom. The van der Waals surface area contributed by atoms with Crippen molar-refractivity contribution in [3.05, 3.63) is 0 Å². The lowest BCUT2D eigenvalue weighted by molar-refractivity contribution is 0.0228. The van der Waals surface area contributed by atoms with Crippen LogP contribution in [0.25, 0.3) is 0 Å². The molecule has 2 aliphatic heterocycles. The average molecular weight is 286 g/mol. The van der Waals surface area contributed by atoms with Crippen LogP contribution in [0, 0.1) is 5.41 Å². The van der Waals surface area contributed by atoms with Crippen LogP contribution >= 0.6 is 11.8 Å². The Hall–Kier alpha value is 0.230. The standard InChI is InChI=1S/C15H31N3S/c1-4-5-17-6-8-18(9-7-17)15(11-16)10-14(2,3)12-19-13-15/h4-13,16H2,1-3H3. The molecular formula is C15H31N3S. The zero-order valence-corrected chi connectivity index (χ0v) is 13.8. The van der Waals surface area contributed by atoms with E-state index in [9.17, 15) is 0 Å². The number of thioether (sulfide) groups is 1. The van der Waals surface area contributed by atoms with E-state index in [0.717, 1.165) is 6.54 Å². The van der Waals surface area contributed by atoms with Crippen LogP contribution in [0.5, 0.6) is 0 Å². The minimum absolute atomic E-state index is 0.255. The molecule has 2 aliphatic rings. The van der Waals surface area contributed by atoms with Crippen molar-refractivity contribution in [2.75, 3.05) is 50.8 Å². The van der Waals surface area contributed by atoms with Crippen molar-refractivity contribution in [3.63, 3.8) is 0 Å². The number of nitrogens with zero attached hydrogens (tertiary/aromatic N) is 2. The predicted octanol–water partition coefficient (Wildman–Crippen LogP) is 1.87. The van der Waals surface area contributed by atoms with E-state index in [1.807, 2.05) is 0 Å². The summed E-state index contributed by atoms with van der Waals surface area (Å²) in [5.74, 6) is 2.51. The van der Waals surface area contributed by atoms with Gasteiger partial charge in [-0.05, 0) is 30.6 Å². The van der Waals surface area contributed by atoms with Crippen molar-refractivity contribution in [1.82, 2.24) is 9.80 Å². The van der Waals surface area contributed by atoms with E-state index in [2.05, 4.69) is 42.3 Å². The number of nitrogens with two attached hydrogens (primary N) is 1. The van der Waals surface area contributed by atoms with E-state index in [4.69, 9.17) is 5.73 Å². The van der Waals surface area contributed by atoms with Gasteiger partial charge in [-0.25, -0.2) is 0 Å². The van der Waals surface area contributed by atoms with Crippen LogP contribution < -0.4 is 5.73 Å². The highest BCUT2D eigenvalue weighted by molar-refractivity contribution is 7.99. The second-order valence-electron chi connectivity index (χ2n) is 7.09. The van der Waals surface area contributed by atoms with Crippen molar-refractivity contribution in [2.24, 2.45) is 11.1 Å². The molecule has 3 nitrogen and oxygen atoms in total. The third-order valence-electron chi connectivity index (χ3n) is 4.63. The van der Waals surface area contributed by atoms with Gasteiger partial charge in [-0.15, -0.1) is 0 Å². The van der Waals surface area contributed by atoms with Gasteiger partial charge in [0, 0.05) is 44.0 Å². The fourth-order valence-electron chi connectivity index (χ4n) is 3.74. The Kier molecular flexibility index (Phi) is 5.21. The van der Waals surface area contributed by atoms with Gasteiger partial charge in [0.2, 0.25) is 0 Å². The first-order valence-corrected chi connectivity index (χ1v) is 8.92. The molecule has 2 saturated heterocycles. The van der Waals surface area contributed by atoms with Crippen LogP contribution in [0.2, 0.25) is 0 Å². The summed E-state index contributed by atoms with van der Waals surface area (Å²) in [6.45, 7) is 14.0. The van der Waals surface area contributed by atoms with Gasteiger partial charge in [0.1, 0.15) is 0 Å². The Bertz CT molecular complexity index is 287. The second kappa shape index (κ2) is 6.33. The fraction of sp³-hybridized carbons (Fsp3) is 1.00. The first kappa shape index (κ1) is 15.6. The molecule has 0 amide bonds. The maximum absolute atomic E-state index is 6.21. The van der Waals surface area contributed by atoms with Gasteiger partial charge >= 0.3 is 0 Å². The molecule has 0 aromatic rings. The molecule has 0 spiro atoms. The normalized spacial score (nSPS) is 33.5. The summed E-state index contributed by atoms with van der Waals surface area (Å²) in [5, 5.41) is 0. The van der Waals surface area contributed by atoms with E-state index in [1.165, 1.54) is 57.1 Å². The smallest absolute Gasteiger partial charge is 0.0428 e. The zero-order valence-electron chi connectivity index (χ0n) is 13.0. The lowest BCUT2D eigenvalue weighted by atomic mass is 9.78. The summed E-state index contributed by atoms with van der Waals surface area (Å²) in [5.41, 5.74) is 6.90. The molecule has 4 heteroatoms. The van der Waals surface area contributed by atoms with Gasteiger partial charge in [0.25, 0.3) is 0 Å². The number of hydrogen-bond donors (Lipinski definition) is 1. The molecule has 0 aromatic heterocycles. The molecule has 2 fully saturated rings. The Morgan fingerprint density at radius 2 is 1.79 bits per heavy atom. The number of rotatable bonds is 4. The first-order valence-electron chi connectivity index (χ1n) is 7.77. The van der Waals surface area contributed by atoms with Gasteiger partial charge in [0.15, 0.2) is 0 Å². The maximum atomic E-state index is 6.21. The fourth-order valence-corrected chi connectivity index (χ4v) is 5.27. The van der Waals surface area contributed by atoms with Gasteiger partial charge in [-0.1, -0.05) is 20.8 Å². The zero-order chi connectivity index (χ0) is 13.9. The third kappa shape index (κ3) is 3.66. The summed E-state index contributed by atoms with van der Waals surface area (Å²) in [4.78, 5) is 5.30. The highest BCUT2D eigenvalue weighted by Gasteiger charge is 2.44. The highest BCUT2D eigenvalue weighted by Crippen LogP contribution is 2.42. The quantitative estimate of drug-likeness (QED) is 0.855. The molecule has 0 aromatic carbocycles. The average Bonchev–Trinajstić information content (AvgIpc) is 2.38. The van der Waals surface area contributed by atoms with Crippen LogP contribution in [0.3, 0.4) is 0 Å². The van der Waals surface area contributed by atoms with Gasteiger partial charge in [-0.3, -0.25) is 4.90 Å². The molecule has 0 radical (unpaired) electrons. The summed E-state index contributed by atoms with van der Waals surface area (Å²) >= 11 is 2.10. The summed E-state index contributed by atoms with van der Waals surface area (Å²) < 4.78 is 0. The van der Waals surface area contributed by atoms with Crippen LogP contribution in [-0.2, 0) is 0 Å². The van der Waals surface area contributed by atoms with Gasteiger partial charge in [-0.2, -0.15) is 11.8 Å². The molecule has 1 unspecified atom stereocenters. The molecule has 112 valence electrons. The van der Waals surface area contributed by atoms with Crippen molar-refractivity contribution in [2.45, 2.75) is 39.2 Å². The van der Waals surface area contributed by atoms with Crippen molar-refractivity contribution in [1.29, 1.82) is 0 Å². The predicted molar refractivity (Wildman–Crippen MR) is 85.8 cm³/mol. The number of hydrogen-bond acceptors (Lipinski definition) is 4. The van der Waals surface area contributed by atoms with Gasteiger partial charge in [0.05, 0.1) is 0 Å². The molecule has 2 rings (SSSR count). The minimum atomic E-state index is 0.255. The van der Waals surface area contributed by atoms with Crippen LogP contribution in [0.1, 0.15) is 33.6 Å². The Morgan fingerprint density at radius 3 is 2.32 bits per heavy atom. The second-order valence-corrected chi connectivity index (χ2v) is 8.08. The van der Waals surface area contributed by atoms with Crippen molar-refractivity contribution in [3.8, 4) is 0 Å². The van der Waals surface area contributed by atoms with E-state index < -0.39 is 0 Å². The van der Waals surface area contributed by atoms with Crippen LogP contribution in [0.4, 0.5) is 0 Å². The molecule has 1 atom stereocenters. The Balaban J connectivity index is 1.98. The molecule has 19 heavy (non-hydrogen) atoms. The Labute approximate surface area is 123 Å². The molecule has 2 N–H and O–H groups in total. The number of piperazine rings is 1. The summed E-state index contributed by atoms with van der Waals surface area (Å²) in [6, 6.07) is 0. The lowest BCUT2D eigenvalue weighted by Gasteiger charge is -2.52. The molecule has 0 bridgehead atoms. The van der Waals surface area contributed by atoms with Crippen LogP contribution in [-0.4, -0.2) is 66.1 Å². The maximum Gasteiger partial charge on any atom is 0.0428 e. The molecule has 0 saturated carbocycles. The SMILES string of the molecule is CCCN1CCN(C2(CN)CSCC(C)(C)C2)CC1. The van der Waals surface area contributed by atoms with E-state index >= 15 is 0 Å². The molecular weight excluding hydrogens is 254 g/mol. The van der Waals surface area contributed by atoms with Crippen LogP contribution in [0.15, 0.2) is 0 Å². The topological polar surface area (TPSA) is 32.5 Å². The van der Waals surface area contributed by atoms with Gasteiger partial charge < -0.3 is 10.6 Å². The monoisotopic (exact) mass is 285 g/mol. The lowest BCUT2D eigenvalue weighted by Crippen LogP contribution is -2.64. The van der Waals surface area contributed by atoms with E-state index in [1.54, 1.807) is 0 Å². The third-order valence-corrected chi connectivity index (χ3v) is 6.36. The van der Waals surface area contributed by atoms with E-state index in [0.29, 0.717) is 5.41 Å². The van der Waals surface area contributed by atoms with Crippen molar-refractivity contribution >= 4 is 11.8 Å². The summed E-state index contributed by atoms with van der Waals surface area (Å²) in [6.07, 6.45) is 2.53. The van der Waals surface area contributed by atoms with E-state index in [-0.39, 0.29) is 5.54 Å². The molecule has 0 aliphatic carbocycles. The summed E-state index contributed by atoms with van der Waals surface area (Å²) in [7, 11) is 0. The van der Waals surface area contributed by atoms with Crippen molar-refractivity contribution < 1.29 is 0 Å². The first-order chi connectivity index (χ1) is 9.01. The molecule has 2 heterocycles. The minimum Gasteiger partial charge on any atom is -0.329 e. The largest absolute Gasteiger partial charge is 0.329 e. The highest BCUT2D eigenvalue weighted by atomic mass is 32.2.